The second-order valence-electron chi connectivity index (χ2n) is 3.96. The van der Waals surface area contributed by atoms with Gasteiger partial charge in [-0.1, -0.05) is 51.3 Å². The minimum absolute atomic E-state index is 0.497. The van der Waals surface area contributed by atoms with E-state index in [1.165, 1.54) is 11.3 Å². The van der Waals surface area contributed by atoms with Crippen molar-refractivity contribution in [2.24, 2.45) is 5.92 Å². The van der Waals surface area contributed by atoms with Crippen molar-refractivity contribution in [3.8, 4) is 0 Å². The van der Waals surface area contributed by atoms with Crippen molar-refractivity contribution in [3.05, 3.63) is 48.7 Å². The van der Waals surface area contributed by atoms with Gasteiger partial charge in [0.05, 0.1) is 0 Å². The Hall–Kier alpha value is -1.24. The highest BCUT2D eigenvalue weighted by Crippen LogP contribution is 2.13. The smallest absolute Gasteiger partial charge is 0.0419 e. The van der Waals surface area contributed by atoms with Crippen molar-refractivity contribution < 1.29 is 0 Å². The summed E-state index contributed by atoms with van der Waals surface area (Å²) in [6.45, 7) is 15.0. The van der Waals surface area contributed by atoms with Crippen molar-refractivity contribution >= 4 is 0 Å². The van der Waals surface area contributed by atoms with E-state index < -0.39 is 0 Å². The van der Waals surface area contributed by atoms with Gasteiger partial charge in [-0.05, 0) is 18.4 Å². The quantitative estimate of drug-likeness (QED) is 0.596. The second-order valence-corrected chi connectivity index (χ2v) is 3.96. The molecule has 0 aliphatic heterocycles. The third-order valence-corrected chi connectivity index (χ3v) is 2.39. The first-order valence-corrected chi connectivity index (χ1v) is 5.37. The van der Waals surface area contributed by atoms with Crippen LogP contribution in [-0.4, -0.2) is 18.5 Å². The lowest BCUT2D eigenvalue weighted by Gasteiger charge is -2.24. The molecule has 0 aromatic heterocycles. The number of likely N-dealkylation sites (N-methyl/N-ethyl adjacent to an activating group) is 1. The molecule has 0 spiro atoms. The number of hydrogen-bond acceptors (Lipinski definition) is 1. The summed E-state index contributed by atoms with van der Waals surface area (Å²) in [7, 11) is 2.08. The highest BCUT2D eigenvalue weighted by Gasteiger charge is 2.06. The summed E-state index contributed by atoms with van der Waals surface area (Å²) in [4.78, 5) is 2.19. The van der Waals surface area contributed by atoms with Crippen LogP contribution in [0.1, 0.15) is 20.8 Å². The molecule has 0 amide bonds. The molecule has 1 nitrogen and oxygen atoms in total. The molecule has 0 heterocycles. The van der Waals surface area contributed by atoms with Crippen molar-refractivity contribution in [1.29, 1.82) is 0 Å². The molecule has 0 saturated heterocycles. The Bertz CT molecular complexity index is 269. The zero-order chi connectivity index (χ0) is 11.8. The van der Waals surface area contributed by atoms with Gasteiger partial charge >= 0.3 is 0 Å². The zero-order valence-electron chi connectivity index (χ0n) is 10.5. The molecule has 0 atom stereocenters. The molecule has 0 bridgehead atoms. The predicted octanol–water partition coefficient (Wildman–Crippen LogP) is 3.78. The minimum atomic E-state index is 0.497. The molecule has 0 radical (unpaired) electrons. The van der Waals surface area contributed by atoms with Crippen LogP contribution in [-0.2, 0) is 0 Å². The normalized spacial score (nSPS) is 12.2. The predicted molar refractivity (Wildman–Crippen MR) is 69.7 cm³/mol. The molecular weight excluding hydrogens is 182 g/mol. The number of nitrogens with zero attached hydrogens (tertiary/aromatic N) is 1. The minimum Gasteiger partial charge on any atom is -0.374 e. The average Bonchev–Trinajstić information content (AvgIpc) is 2.22. The fourth-order valence-corrected chi connectivity index (χ4v) is 1.25. The first kappa shape index (κ1) is 13.8. The molecule has 0 aromatic rings. The summed E-state index contributed by atoms with van der Waals surface area (Å²) in [5, 5.41) is 0. The summed E-state index contributed by atoms with van der Waals surface area (Å²) in [5.74, 6) is 0.497. The summed E-state index contributed by atoms with van der Waals surface area (Å²) < 4.78 is 0. The lowest BCUT2D eigenvalue weighted by molar-refractivity contribution is 0.407. The molecule has 15 heavy (non-hydrogen) atoms. The fourth-order valence-electron chi connectivity index (χ4n) is 1.25. The maximum absolute atomic E-state index is 4.08. The maximum atomic E-state index is 4.08. The Morgan fingerprint density at radius 2 is 2.00 bits per heavy atom. The molecule has 0 aliphatic rings. The summed E-state index contributed by atoms with van der Waals surface area (Å²) in [6, 6.07) is 0. The highest BCUT2D eigenvalue weighted by atomic mass is 15.1. The van der Waals surface area contributed by atoms with Crippen LogP contribution < -0.4 is 0 Å². The van der Waals surface area contributed by atoms with E-state index in [0.717, 1.165) is 6.54 Å². The fraction of sp³-hybridized carbons (Fsp3) is 0.429. The Morgan fingerprint density at radius 3 is 2.40 bits per heavy atom. The Balaban J connectivity index is 4.38. The summed E-state index contributed by atoms with van der Waals surface area (Å²) in [5.41, 5.74) is 2.44. The molecule has 0 rings (SSSR count). The molecule has 0 saturated carbocycles. The number of hydrogen-bond donors (Lipinski definition) is 0. The number of rotatable bonds is 6. The molecule has 0 N–H and O–H groups in total. The SMILES string of the molecule is C=C/C=C\C(=C/C)CN(C)C(=C)C(C)C. The van der Waals surface area contributed by atoms with Gasteiger partial charge in [-0.25, -0.2) is 0 Å². The van der Waals surface area contributed by atoms with Crippen molar-refractivity contribution in [1.82, 2.24) is 4.90 Å². The van der Waals surface area contributed by atoms with E-state index >= 15 is 0 Å². The van der Waals surface area contributed by atoms with Gasteiger partial charge in [0.25, 0.3) is 0 Å². The van der Waals surface area contributed by atoms with Crippen LogP contribution in [0, 0.1) is 5.92 Å². The molecule has 0 unspecified atom stereocenters. The van der Waals surface area contributed by atoms with Gasteiger partial charge in [-0.2, -0.15) is 0 Å². The first-order valence-electron chi connectivity index (χ1n) is 5.37. The van der Waals surface area contributed by atoms with Crippen LogP contribution in [0.4, 0.5) is 0 Å². The lowest BCUT2D eigenvalue weighted by atomic mass is 10.1. The van der Waals surface area contributed by atoms with Crippen LogP contribution in [0.2, 0.25) is 0 Å². The zero-order valence-corrected chi connectivity index (χ0v) is 10.5. The molecule has 84 valence electrons. The van der Waals surface area contributed by atoms with Gasteiger partial charge < -0.3 is 4.90 Å². The van der Waals surface area contributed by atoms with Gasteiger partial charge in [0.2, 0.25) is 0 Å². The van der Waals surface area contributed by atoms with Gasteiger partial charge in [0.15, 0.2) is 0 Å². The van der Waals surface area contributed by atoms with E-state index in [9.17, 15) is 0 Å². The number of allylic oxidation sites excluding steroid dienone is 4. The van der Waals surface area contributed by atoms with Gasteiger partial charge in [0.1, 0.15) is 0 Å². The van der Waals surface area contributed by atoms with E-state index in [1.807, 2.05) is 6.08 Å². The van der Waals surface area contributed by atoms with Crippen LogP contribution in [0.25, 0.3) is 0 Å². The monoisotopic (exact) mass is 205 g/mol. The van der Waals surface area contributed by atoms with Crippen molar-refractivity contribution in [2.45, 2.75) is 20.8 Å². The Kier molecular flexibility index (Phi) is 6.52. The summed E-state index contributed by atoms with van der Waals surface area (Å²) >= 11 is 0. The Morgan fingerprint density at radius 1 is 1.40 bits per heavy atom. The van der Waals surface area contributed by atoms with E-state index in [2.05, 4.69) is 58.0 Å². The lowest BCUT2D eigenvalue weighted by Crippen LogP contribution is -2.22. The third-order valence-electron chi connectivity index (χ3n) is 2.39. The Labute approximate surface area is 94.5 Å². The van der Waals surface area contributed by atoms with E-state index in [4.69, 9.17) is 0 Å². The van der Waals surface area contributed by atoms with E-state index in [-0.39, 0.29) is 0 Å². The van der Waals surface area contributed by atoms with Crippen LogP contribution in [0.3, 0.4) is 0 Å². The standard InChI is InChI=1S/C14H23N/c1-7-9-10-14(8-2)11-15(6)13(5)12(3)4/h7-10,12H,1,5,11H2,2-4,6H3/b10-9-,14-8+. The highest BCUT2D eigenvalue weighted by molar-refractivity contribution is 5.23. The van der Waals surface area contributed by atoms with Gasteiger partial charge in [0, 0.05) is 19.3 Å². The van der Waals surface area contributed by atoms with Gasteiger partial charge in [-0.3, -0.25) is 0 Å². The maximum Gasteiger partial charge on any atom is 0.0419 e. The van der Waals surface area contributed by atoms with Crippen LogP contribution in [0.5, 0.6) is 0 Å². The first-order chi connectivity index (χ1) is 7.02. The van der Waals surface area contributed by atoms with Crippen molar-refractivity contribution in [2.75, 3.05) is 13.6 Å². The van der Waals surface area contributed by atoms with Gasteiger partial charge in [-0.15, -0.1) is 0 Å². The molecule has 0 aliphatic carbocycles. The molecule has 0 aromatic carbocycles. The summed E-state index contributed by atoms with van der Waals surface area (Å²) in [6.07, 6.45) is 7.95. The molecular formula is C14H23N. The second kappa shape index (κ2) is 7.10. The molecule has 1 heteroatoms. The largest absolute Gasteiger partial charge is 0.374 e. The van der Waals surface area contributed by atoms with Crippen LogP contribution >= 0.6 is 0 Å². The van der Waals surface area contributed by atoms with E-state index in [0.29, 0.717) is 5.92 Å². The third kappa shape index (κ3) is 5.26. The topological polar surface area (TPSA) is 3.24 Å². The van der Waals surface area contributed by atoms with E-state index in [1.54, 1.807) is 6.08 Å². The average molecular weight is 205 g/mol. The molecule has 0 fully saturated rings. The van der Waals surface area contributed by atoms with Crippen molar-refractivity contribution in [3.63, 3.8) is 0 Å². The van der Waals surface area contributed by atoms with Crippen LogP contribution in [0.15, 0.2) is 48.7 Å².